The lowest BCUT2D eigenvalue weighted by Crippen LogP contribution is -2.20. The maximum Gasteiger partial charge on any atom is 0.0591 e. The molecule has 1 saturated carbocycles. The first-order chi connectivity index (χ1) is 5.93. The molecule has 0 aromatic rings. The minimum atomic E-state index is 0.781. The molecule has 1 N–H and O–H groups in total. The zero-order valence-corrected chi connectivity index (χ0v) is 7.73. The molecule has 68 valence electrons. The summed E-state index contributed by atoms with van der Waals surface area (Å²) < 4.78 is 5.43. The lowest BCUT2D eigenvalue weighted by Gasteiger charge is -2.02. The van der Waals surface area contributed by atoms with Gasteiger partial charge >= 0.3 is 0 Å². The van der Waals surface area contributed by atoms with Crippen LogP contribution in [0.1, 0.15) is 19.8 Å². The summed E-state index contributed by atoms with van der Waals surface area (Å²) in [5, 5.41) is 3.18. The second-order valence-electron chi connectivity index (χ2n) is 3.12. The van der Waals surface area contributed by atoms with Crippen molar-refractivity contribution in [2.75, 3.05) is 26.3 Å². The molecule has 0 aliphatic heterocycles. The molecule has 2 nitrogen and oxygen atoms in total. The van der Waals surface area contributed by atoms with Gasteiger partial charge in [0.05, 0.1) is 13.2 Å². The smallest absolute Gasteiger partial charge is 0.0591 e. The van der Waals surface area contributed by atoms with Gasteiger partial charge in [0.1, 0.15) is 0 Å². The highest BCUT2D eigenvalue weighted by Gasteiger charge is 2.20. The van der Waals surface area contributed by atoms with Crippen LogP contribution in [0, 0.1) is 17.8 Å². The van der Waals surface area contributed by atoms with E-state index in [2.05, 4.69) is 17.2 Å². The predicted molar refractivity (Wildman–Crippen MR) is 49.9 cm³/mol. The summed E-state index contributed by atoms with van der Waals surface area (Å²) >= 11 is 0. The Morgan fingerprint density at radius 2 is 2.33 bits per heavy atom. The maximum atomic E-state index is 5.43. The lowest BCUT2D eigenvalue weighted by molar-refractivity contribution is 0.127. The van der Waals surface area contributed by atoms with Crippen molar-refractivity contribution in [3.05, 3.63) is 0 Å². The van der Waals surface area contributed by atoms with E-state index in [1.807, 2.05) is 6.92 Å². The van der Waals surface area contributed by atoms with Crippen LogP contribution in [0.4, 0.5) is 0 Å². The van der Waals surface area contributed by atoms with Gasteiger partial charge in [-0.15, -0.1) is 5.92 Å². The van der Waals surface area contributed by atoms with Crippen LogP contribution in [0.15, 0.2) is 0 Å². The van der Waals surface area contributed by atoms with E-state index in [4.69, 9.17) is 4.74 Å². The molecule has 1 aliphatic rings. The largest absolute Gasteiger partial charge is 0.380 e. The number of ether oxygens (including phenoxy) is 1. The van der Waals surface area contributed by atoms with Crippen LogP contribution in [0.25, 0.3) is 0 Å². The zero-order chi connectivity index (χ0) is 8.65. The Morgan fingerprint density at radius 1 is 1.50 bits per heavy atom. The molecule has 0 amide bonds. The molecule has 0 unspecified atom stereocenters. The van der Waals surface area contributed by atoms with Gasteiger partial charge in [-0.25, -0.2) is 0 Å². The van der Waals surface area contributed by atoms with Crippen LogP contribution in [-0.2, 0) is 4.74 Å². The molecule has 1 rings (SSSR count). The van der Waals surface area contributed by atoms with Crippen LogP contribution in [-0.4, -0.2) is 26.3 Å². The van der Waals surface area contributed by atoms with Gasteiger partial charge in [0.25, 0.3) is 0 Å². The first-order valence-corrected chi connectivity index (χ1v) is 4.61. The third-order valence-corrected chi connectivity index (χ3v) is 1.86. The van der Waals surface area contributed by atoms with E-state index in [9.17, 15) is 0 Å². The predicted octanol–water partition coefficient (Wildman–Crippen LogP) is 1.03. The van der Waals surface area contributed by atoms with Crippen molar-refractivity contribution in [3.8, 4) is 11.8 Å². The van der Waals surface area contributed by atoms with Crippen molar-refractivity contribution in [2.24, 2.45) is 5.92 Å². The van der Waals surface area contributed by atoms with Crippen LogP contribution in [0.3, 0.4) is 0 Å². The first kappa shape index (κ1) is 9.57. The molecule has 0 radical (unpaired) electrons. The molecule has 0 aromatic heterocycles. The highest BCUT2D eigenvalue weighted by atomic mass is 16.5. The quantitative estimate of drug-likeness (QED) is 0.471. The topological polar surface area (TPSA) is 21.3 Å². The van der Waals surface area contributed by atoms with Gasteiger partial charge in [-0.2, -0.15) is 0 Å². The normalized spacial score (nSPS) is 15.4. The van der Waals surface area contributed by atoms with E-state index in [1.54, 1.807) is 0 Å². The molecule has 0 bridgehead atoms. The average Bonchev–Trinajstić information content (AvgIpc) is 2.87. The highest BCUT2D eigenvalue weighted by molar-refractivity contribution is 4.96. The molecule has 0 spiro atoms. The van der Waals surface area contributed by atoms with Gasteiger partial charge in [0.15, 0.2) is 0 Å². The number of hydrogen-bond donors (Lipinski definition) is 1. The molecule has 12 heavy (non-hydrogen) atoms. The first-order valence-electron chi connectivity index (χ1n) is 4.61. The number of nitrogens with one attached hydrogen (secondary N) is 1. The Bertz CT molecular complexity index is 164. The summed E-state index contributed by atoms with van der Waals surface area (Å²) in [5.41, 5.74) is 0. The van der Waals surface area contributed by atoms with E-state index in [0.29, 0.717) is 0 Å². The summed E-state index contributed by atoms with van der Waals surface area (Å²) in [6.07, 6.45) is 2.74. The second kappa shape index (κ2) is 6.05. The fraction of sp³-hybridized carbons (Fsp3) is 0.800. The molecule has 0 aromatic carbocycles. The average molecular weight is 167 g/mol. The number of hydrogen-bond acceptors (Lipinski definition) is 2. The standard InChI is InChI=1S/C10H17NO/c1-2-3-6-11-7-8-12-9-10-4-5-10/h10-11H,4-9H2,1H3. The van der Waals surface area contributed by atoms with Gasteiger partial charge in [-0.3, -0.25) is 0 Å². The van der Waals surface area contributed by atoms with Crippen molar-refractivity contribution in [1.82, 2.24) is 5.32 Å². The zero-order valence-electron chi connectivity index (χ0n) is 7.73. The Kier molecular flexibility index (Phi) is 4.82. The second-order valence-corrected chi connectivity index (χ2v) is 3.12. The van der Waals surface area contributed by atoms with Crippen molar-refractivity contribution in [2.45, 2.75) is 19.8 Å². The maximum absolute atomic E-state index is 5.43. The molecular formula is C10H17NO. The van der Waals surface area contributed by atoms with Crippen molar-refractivity contribution < 1.29 is 4.74 Å². The van der Waals surface area contributed by atoms with E-state index in [1.165, 1.54) is 12.8 Å². The minimum absolute atomic E-state index is 0.781. The third kappa shape index (κ3) is 5.17. The van der Waals surface area contributed by atoms with Crippen LogP contribution < -0.4 is 5.32 Å². The SMILES string of the molecule is CC#CCNCCOCC1CC1. The molecule has 0 atom stereocenters. The fourth-order valence-electron chi connectivity index (χ4n) is 0.918. The van der Waals surface area contributed by atoms with E-state index >= 15 is 0 Å². The van der Waals surface area contributed by atoms with Gasteiger partial charge in [-0.05, 0) is 25.7 Å². The molecule has 2 heteroatoms. The minimum Gasteiger partial charge on any atom is -0.380 e. The summed E-state index contributed by atoms with van der Waals surface area (Å²) in [6.45, 7) is 5.33. The summed E-state index contributed by atoms with van der Waals surface area (Å²) in [4.78, 5) is 0. The van der Waals surface area contributed by atoms with Crippen LogP contribution in [0.5, 0.6) is 0 Å². The van der Waals surface area contributed by atoms with Gasteiger partial charge < -0.3 is 10.1 Å². The van der Waals surface area contributed by atoms with Gasteiger partial charge in [-0.1, -0.05) is 5.92 Å². The summed E-state index contributed by atoms with van der Waals surface area (Å²) in [6, 6.07) is 0. The Labute approximate surface area is 74.7 Å². The lowest BCUT2D eigenvalue weighted by atomic mass is 10.5. The van der Waals surface area contributed by atoms with Crippen LogP contribution in [0.2, 0.25) is 0 Å². The highest BCUT2D eigenvalue weighted by Crippen LogP contribution is 2.28. The molecular weight excluding hydrogens is 150 g/mol. The Balaban J connectivity index is 1.72. The van der Waals surface area contributed by atoms with E-state index < -0.39 is 0 Å². The summed E-state index contributed by atoms with van der Waals surface area (Å²) in [7, 11) is 0. The molecule has 0 heterocycles. The van der Waals surface area contributed by atoms with Gasteiger partial charge in [0.2, 0.25) is 0 Å². The van der Waals surface area contributed by atoms with Crippen molar-refractivity contribution in [3.63, 3.8) is 0 Å². The van der Waals surface area contributed by atoms with Crippen LogP contribution >= 0.6 is 0 Å². The van der Waals surface area contributed by atoms with Crippen molar-refractivity contribution >= 4 is 0 Å². The molecule has 1 aliphatic carbocycles. The third-order valence-electron chi connectivity index (χ3n) is 1.86. The molecule has 0 saturated heterocycles. The van der Waals surface area contributed by atoms with E-state index in [-0.39, 0.29) is 0 Å². The van der Waals surface area contributed by atoms with Gasteiger partial charge in [0, 0.05) is 13.2 Å². The number of rotatable bonds is 6. The molecule has 1 fully saturated rings. The monoisotopic (exact) mass is 167 g/mol. The van der Waals surface area contributed by atoms with Crippen molar-refractivity contribution in [1.29, 1.82) is 0 Å². The fourth-order valence-corrected chi connectivity index (χ4v) is 0.918. The van der Waals surface area contributed by atoms with E-state index in [0.717, 1.165) is 32.2 Å². The Hall–Kier alpha value is -0.520. The Morgan fingerprint density at radius 3 is 3.00 bits per heavy atom. The summed E-state index contributed by atoms with van der Waals surface area (Å²) in [5.74, 6) is 6.65.